The van der Waals surface area contributed by atoms with E-state index in [0.29, 0.717) is 49.0 Å². The zero-order valence-electron chi connectivity index (χ0n) is 14.9. The predicted molar refractivity (Wildman–Crippen MR) is 103 cm³/mol. The Labute approximate surface area is 159 Å². The largest absolute Gasteiger partial charge is 0.383 e. The van der Waals surface area contributed by atoms with Gasteiger partial charge in [-0.05, 0) is 24.3 Å². The van der Waals surface area contributed by atoms with Crippen molar-refractivity contribution in [2.24, 2.45) is 0 Å². The van der Waals surface area contributed by atoms with E-state index in [9.17, 15) is 13.6 Å². The van der Waals surface area contributed by atoms with Crippen LogP contribution in [0.3, 0.4) is 0 Å². The molecular weight excluding hydrogens is 366 g/mol. The summed E-state index contributed by atoms with van der Waals surface area (Å²) in [5.74, 6) is -1.62. The van der Waals surface area contributed by atoms with Crippen molar-refractivity contribution in [3.8, 4) is 0 Å². The molecule has 2 aromatic carbocycles. The number of carbonyl (C=O) groups excluding carboxylic acids is 1. The Bertz CT molecular complexity index is 1070. The highest BCUT2D eigenvalue weighted by atomic mass is 19.1. The molecular formula is C19H18F2N6O. The first-order valence-corrected chi connectivity index (χ1v) is 8.75. The molecule has 0 unspecified atom stereocenters. The van der Waals surface area contributed by atoms with Gasteiger partial charge in [0.2, 0.25) is 5.95 Å². The van der Waals surface area contributed by atoms with Gasteiger partial charge in [0.1, 0.15) is 17.5 Å². The standard InChI is InChI=1S/C19H18F2N6O/c20-11-4-5-12(13(21)10-11)18(28)27-8-6-26(7-9-27)15-3-1-2-14-16(15)17(22)25-19(23)24-14/h1-5,10H,6-9H2,(H4,22,23,24,25). The number of halogens is 2. The lowest BCUT2D eigenvalue weighted by Gasteiger charge is -2.36. The van der Waals surface area contributed by atoms with Crippen molar-refractivity contribution in [2.45, 2.75) is 0 Å². The van der Waals surface area contributed by atoms with Crippen LogP contribution in [0.5, 0.6) is 0 Å². The van der Waals surface area contributed by atoms with Crippen LogP contribution >= 0.6 is 0 Å². The van der Waals surface area contributed by atoms with Crippen molar-refractivity contribution in [3.05, 3.63) is 53.6 Å². The van der Waals surface area contributed by atoms with Crippen LogP contribution in [0.1, 0.15) is 10.4 Å². The van der Waals surface area contributed by atoms with Gasteiger partial charge in [-0.3, -0.25) is 4.79 Å². The molecule has 4 N–H and O–H groups in total. The van der Waals surface area contributed by atoms with Crippen molar-refractivity contribution in [2.75, 3.05) is 42.5 Å². The van der Waals surface area contributed by atoms with Gasteiger partial charge in [0.15, 0.2) is 0 Å². The van der Waals surface area contributed by atoms with E-state index in [1.807, 2.05) is 18.2 Å². The van der Waals surface area contributed by atoms with Gasteiger partial charge < -0.3 is 21.3 Å². The molecule has 3 aromatic rings. The summed E-state index contributed by atoms with van der Waals surface area (Å²) in [4.78, 5) is 24.4. The fraction of sp³-hybridized carbons (Fsp3) is 0.211. The smallest absolute Gasteiger partial charge is 0.256 e. The van der Waals surface area contributed by atoms with Crippen molar-refractivity contribution in [3.63, 3.8) is 0 Å². The van der Waals surface area contributed by atoms with E-state index in [1.54, 1.807) is 4.90 Å². The number of nitrogens with zero attached hydrogens (tertiary/aromatic N) is 4. The molecule has 28 heavy (non-hydrogen) atoms. The molecule has 9 heteroatoms. The minimum atomic E-state index is -0.857. The number of benzene rings is 2. The monoisotopic (exact) mass is 384 g/mol. The third-order valence-electron chi connectivity index (χ3n) is 4.82. The van der Waals surface area contributed by atoms with E-state index in [-0.39, 0.29) is 11.5 Å². The maximum atomic E-state index is 13.9. The van der Waals surface area contributed by atoms with Crippen LogP contribution in [0.4, 0.5) is 26.2 Å². The fourth-order valence-electron chi connectivity index (χ4n) is 3.46. The summed E-state index contributed by atoms with van der Waals surface area (Å²) in [7, 11) is 0. The summed E-state index contributed by atoms with van der Waals surface area (Å²) in [6.45, 7) is 1.83. The molecule has 1 amide bonds. The molecule has 2 heterocycles. The topological polar surface area (TPSA) is 101 Å². The van der Waals surface area contributed by atoms with Gasteiger partial charge in [-0.15, -0.1) is 0 Å². The molecule has 1 aromatic heterocycles. The van der Waals surface area contributed by atoms with E-state index in [1.165, 1.54) is 6.07 Å². The number of hydrogen-bond donors (Lipinski definition) is 2. The number of amides is 1. The number of piperazine rings is 1. The maximum absolute atomic E-state index is 13.9. The Morgan fingerprint density at radius 1 is 1.00 bits per heavy atom. The van der Waals surface area contributed by atoms with Crippen LogP contribution in [0.2, 0.25) is 0 Å². The third-order valence-corrected chi connectivity index (χ3v) is 4.82. The zero-order chi connectivity index (χ0) is 19.8. The summed E-state index contributed by atoms with van der Waals surface area (Å²) in [5, 5.41) is 0.709. The van der Waals surface area contributed by atoms with Crippen LogP contribution in [0.15, 0.2) is 36.4 Å². The number of nitrogen functional groups attached to an aromatic ring is 2. The van der Waals surface area contributed by atoms with Crippen LogP contribution < -0.4 is 16.4 Å². The predicted octanol–water partition coefficient (Wildman–Crippen LogP) is 2.03. The number of hydrogen-bond acceptors (Lipinski definition) is 6. The Morgan fingerprint density at radius 3 is 2.46 bits per heavy atom. The first-order chi connectivity index (χ1) is 13.4. The molecule has 1 aliphatic heterocycles. The average molecular weight is 384 g/mol. The van der Waals surface area contributed by atoms with Gasteiger partial charge in [-0.2, -0.15) is 4.98 Å². The Morgan fingerprint density at radius 2 is 1.75 bits per heavy atom. The lowest BCUT2D eigenvalue weighted by atomic mass is 10.1. The van der Waals surface area contributed by atoms with Gasteiger partial charge in [-0.1, -0.05) is 6.07 Å². The minimum absolute atomic E-state index is 0.110. The summed E-state index contributed by atoms with van der Waals surface area (Å²) in [5.41, 5.74) is 13.1. The Kier molecular flexibility index (Phi) is 4.42. The number of fused-ring (bicyclic) bond motifs is 1. The molecule has 1 aliphatic rings. The normalized spacial score (nSPS) is 14.5. The molecule has 0 atom stereocenters. The number of aromatic nitrogens is 2. The van der Waals surface area contributed by atoms with Crippen LogP contribution in [-0.4, -0.2) is 47.0 Å². The van der Waals surface area contributed by atoms with E-state index >= 15 is 0 Å². The molecule has 0 saturated carbocycles. The van der Waals surface area contributed by atoms with Gasteiger partial charge in [-0.25, -0.2) is 13.8 Å². The quantitative estimate of drug-likeness (QED) is 0.701. The number of anilines is 3. The summed E-state index contributed by atoms with van der Waals surface area (Å²) >= 11 is 0. The molecule has 7 nitrogen and oxygen atoms in total. The number of rotatable bonds is 2. The molecule has 0 spiro atoms. The van der Waals surface area contributed by atoms with Crippen molar-refractivity contribution < 1.29 is 13.6 Å². The number of nitrogens with two attached hydrogens (primary N) is 2. The third kappa shape index (κ3) is 3.15. The highest BCUT2D eigenvalue weighted by Gasteiger charge is 2.25. The molecule has 144 valence electrons. The SMILES string of the molecule is Nc1nc(N)c2c(N3CCN(C(=O)c4ccc(F)cc4F)CC3)cccc2n1. The lowest BCUT2D eigenvalue weighted by molar-refractivity contribution is 0.0742. The Hall–Kier alpha value is -3.49. The zero-order valence-corrected chi connectivity index (χ0v) is 14.9. The molecule has 0 radical (unpaired) electrons. The van der Waals surface area contributed by atoms with Crippen LogP contribution in [-0.2, 0) is 0 Å². The summed E-state index contributed by atoms with van der Waals surface area (Å²) in [6.07, 6.45) is 0. The molecule has 0 bridgehead atoms. The van der Waals surface area contributed by atoms with Gasteiger partial charge >= 0.3 is 0 Å². The van der Waals surface area contributed by atoms with E-state index < -0.39 is 17.5 Å². The van der Waals surface area contributed by atoms with Gasteiger partial charge in [0.05, 0.1) is 22.2 Å². The van der Waals surface area contributed by atoms with E-state index in [0.717, 1.165) is 11.8 Å². The number of carbonyl (C=O) groups is 1. The lowest BCUT2D eigenvalue weighted by Crippen LogP contribution is -2.49. The van der Waals surface area contributed by atoms with Crippen LogP contribution in [0.25, 0.3) is 10.9 Å². The van der Waals surface area contributed by atoms with Crippen molar-refractivity contribution in [1.82, 2.24) is 14.9 Å². The second-order valence-corrected chi connectivity index (χ2v) is 6.54. The van der Waals surface area contributed by atoms with Crippen LogP contribution in [0, 0.1) is 11.6 Å². The highest BCUT2D eigenvalue weighted by molar-refractivity contribution is 6.00. The highest BCUT2D eigenvalue weighted by Crippen LogP contribution is 2.31. The van der Waals surface area contributed by atoms with Crippen molar-refractivity contribution >= 4 is 34.3 Å². The second-order valence-electron chi connectivity index (χ2n) is 6.54. The molecule has 0 aliphatic carbocycles. The average Bonchev–Trinajstić information content (AvgIpc) is 2.67. The Balaban J connectivity index is 1.55. The summed E-state index contributed by atoms with van der Waals surface area (Å²) in [6, 6.07) is 8.55. The van der Waals surface area contributed by atoms with Crippen molar-refractivity contribution in [1.29, 1.82) is 0 Å². The van der Waals surface area contributed by atoms with E-state index in [4.69, 9.17) is 11.5 Å². The molecule has 1 saturated heterocycles. The summed E-state index contributed by atoms with van der Waals surface area (Å²) < 4.78 is 27.0. The minimum Gasteiger partial charge on any atom is -0.383 e. The van der Waals surface area contributed by atoms with Gasteiger partial charge in [0, 0.05) is 32.2 Å². The maximum Gasteiger partial charge on any atom is 0.256 e. The van der Waals surface area contributed by atoms with Gasteiger partial charge in [0.25, 0.3) is 5.91 Å². The fourth-order valence-corrected chi connectivity index (χ4v) is 3.46. The second kappa shape index (κ2) is 6.91. The van der Waals surface area contributed by atoms with E-state index in [2.05, 4.69) is 14.9 Å². The molecule has 1 fully saturated rings. The first kappa shape index (κ1) is 17.9. The molecule has 4 rings (SSSR count). The first-order valence-electron chi connectivity index (χ1n) is 8.75.